The monoisotopic (exact) mass is 484 g/mol. The minimum Gasteiger partial charge on any atom is -0.493 e. The topological polar surface area (TPSA) is 84.7 Å². The lowest BCUT2D eigenvalue weighted by molar-refractivity contribution is 0.355. The summed E-state index contributed by atoms with van der Waals surface area (Å²) in [5, 5.41) is 4.02. The van der Waals surface area contributed by atoms with Crippen molar-refractivity contribution in [3.8, 4) is 11.5 Å². The smallest absolute Gasteiger partial charge is 0.193 e. The molecular weight excluding hydrogens is 462 g/mol. The lowest BCUT2D eigenvalue weighted by Crippen LogP contribution is -2.23. The van der Waals surface area contributed by atoms with Gasteiger partial charge in [0.25, 0.3) is 0 Å². The Kier molecular flexibility index (Phi) is 7.28. The van der Waals surface area contributed by atoms with Crippen molar-refractivity contribution in [3.05, 3.63) is 54.0 Å². The van der Waals surface area contributed by atoms with E-state index in [9.17, 15) is 4.39 Å². The van der Waals surface area contributed by atoms with Gasteiger partial charge >= 0.3 is 0 Å². The van der Waals surface area contributed by atoms with E-state index in [1.54, 1.807) is 32.4 Å². The Morgan fingerprint density at radius 2 is 1.93 bits per heavy atom. The van der Waals surface area contributed by atoms with Crippen LogP contribution < -0.4 is 20.5 Å². The zero-order valence-electron chi connectivity index (χ0n) is 15.1. The summed E-state index contributed by atoms with van der Waals surface area (Å²) < 4.78 is 23.7. The second kappa shape index (κ2) is 9.45. The number of nitrogens with one attached hydrogen (secondary N) is 2. The molecule has 0 aliphatic heterocycles. The van der Waals surface area contributed by atoms with Crippen molar-refractivity contribution in [3.63, 3.8) is 0 Å². The molecule has 0 aliphatic rings. The number of aliphatic imine (C=N–C) groups is 1. The van der Waals surface area contributed by atoms with Crippen molar-refractivity contribution in [1.82, 2.24) is 4.98 Å². The highest BCUT2D eigenvalue weighted by atomic mass is 127. The number of guanidine groups is 1. The van der Waals surface area contributed by atoms with Crippen molar-refractivity contribution < 1.29 is 13.9 Å². The fourth-order valence-corrected chi connectivity index (χ4v) is 2.76. The van der Waals surface area contributed by atoms with E-state index in [0.29, 0.717) is 30.4 Å². The number of aromatic amines is 1. The second-order valence-electron chi connectivity index (χ2n) is 5.72. The van der Waals surface area contributed by atoms with Crippen LogP contribution in [0, 0.1) is 5.82 Å². The first-order valence-corrected chi connectivity index (χ1v) is 8.15. The van der Waals surface area contributed by atoms with E-state index in [2.05, 4.69) is 15.3 Å². The van der Waals surface area contributed by atoms with Crippen LogP contribution in [0.15, 0.2) is 47.6 Å². The standard InChI is InChI=1S/C19H21FN4O2.HI/c1-25-17-6-4-14(10-18(17)26-2)24-19(21)22-8-7-12-11-23-16-9-13(20)3-5-15(12)16;/h3-6,9-11,23H,7-8H2,1-2H3,(H3,21,22,24);1H. The lowest BCUT2D eigenvalue weighted by Gasteiger charge is -2.10. The van der Waals surface area contributed by atoms with E-state index in [-0.39, 0.29) is 29.8 Å². The molecule has 0 aliphatic carbocycles. The Morgan fingerprint density at radius 3 is 2.67 bits per heavy atom. The maximum absolute atomic E-state index is 13.2. The van der Waals surface area contributed by atoms with E-state index in [0.717, 1.165) is 22.2 Å². The van der Waals surface area contributed by atoms with Gasteiger partial charge in [-0.3, -0.25) is 4.99 Å². The summed E-state index contributed by atoms with van der Waals surface area (Å²) in [4.78, 5) is 7.41. The maximum atomic E-state index is 13.2. The second-order valence-corrected chi connectivity index (χ2v) is 5.72. The number of fused-ring (bicyclic) bond motifs is 1. The first-order chi connectivity index (χ1) is 12.6. The van der Waals surface area contributed by atoms with Crippen molar-refractivity contribution >= 4 is 46.5 Å². The lowest BCUT2D eigenvalue weighted by atomic mass is 10.1. The molecular formula is C19H22FIN4O2. The molecule has 8 heteroatoms. The van der Waals surface area contributed by atoms with E-state index in [1.165, 1.54) is 12.1 Å². The molecule has 4 N–H and O–H groups in total. The summed E-state index contributed by atoms with van der Waals surface area (Å²) in [6.45, 7) is 0.510. The maximum Gasteiger partial charge on any atom is 0.193 e. The first-order valence-electron chi connectivity index (χ1n) is 8.15. The van der Waals surface area contributed by atoms with Gasteiger partial charge in [0.2, 0.25) is 0 Å². The molecule has 0 spiro atoms. The number of halogens is 2. The van der Waals surface area contributed by atoms with Gasteiger partial charge in [0.15, 0.2) is 17.5 Å². The number of methoxy groups -OCH3 is 2. The Hall–Kier alpha value is -2.49. The van der Waals surface area contributed by atoms with Crippen molar-refractivity contribution in [2.75, 3.05) is 26.1 Å². The van der Waals surface area contributed by atoms with E-state index in [1.807, 2.05) is 12.3 Å². The van der Waals surface area contributed by atoms with Gasteiger partial charge in [-0.2, -0.15) is 0 Å². The molecule has 0 bridgehead atoms. The summed E-state index contributed by atoms with van der Waals surface area (Å²) in [5.41, 5.74) is 8.56. The number of ether oxygens (including phenoxy) is 2. The summed E-state index contributed by atoms with van der Waals surface area (Å²) in [5.74, 6) is 1.30. The molecule has 27 heavy (non-hydrogen) atoms. The van der Waals surface area contributed by atoms with Crippen LogP contribution in [-0.4, -0.2) is 31.7 Å². The Balaban J connectivity index is 0.00000261. The molecule has 0 saturated carbocycles. The first kappa shape index (κ1) is 20.8. The normalized spacial score (nSPS) is 11.1. The predicted molar refractivity (Wildman–Crippen MR) is 117 cm³/mol. The Labute approximate surface area is 174 Å². The van der Waals surface area contributed by atoms with Crippen molar-refractivity contribution in [1.29, 1.82) is 0 Å². The molecule has 0 unspecified atom stereocenters. The highest BCUT2D eigenvalue weighted by Crippen LogP contribution is 2.29. The summed E-state index contributed by atoms with van der Waals surface area (Å²) >= 11 is 0. The van der Waals surface area contributed by atoms with Gasteiger partial charge in [0, 0.05) is 35.4 Å². The molecule has 0 atom stereocenters. The predicted octanol–water partition coefficient (Wildman–Crippen LogP) is 3.91. The molecule has 144 valence electrons. The van der Waals surface area contributed by atoms with Gasteiger partial charge in [-0.05, 0) is 42.3 Å². The molecule has 0 radical (unpaired) electrons. The highest BCUT2D eigenvalue weighted by Gasteiger charge is 2.06. The molecule has 0 saturated heterocycles. The average Bonchev–Trinajstić information content (AvgIpc) is 3.03. The summed E-state index contributed by atoms with van der Waals surface area (Å²) in [7, 11) is 3.16. The van der Waals surface area contributed by atoms with Crippen LogP contribution in [0.5, 0.6) is 11.5 Å². The number of nitrogens with zero attached hydrogens (tertiary/aromatic N) is 1. The van der Waals surface area contributed by atoms with Crippen molar-refractivity contribution in [2.45, 2.75) is 6.42 Å². The highest BCUT2D eigenvalue weighted by molar-refractivity contribution is 14.0. The molecule has 1 aromatic heterocycles. The number of rotatable bonds is 6. The number of nitrogens with two attached hydrogens (primary N) is 1. The molecule has 1 heterocycles. The molecule has 6 nitrogen and oxygen atoms in total. The minimum atomic E-state index is -0.257. The van der Waals surface area contributed by atoms with Crippen LogP contribution in [0.1, 0.15) is 5.56 Å². The van der Waals surface area contributed by atoms with Crippen LogP contribution in [0.4, 0.5) is 10.1 Å². The Morgan fingerprint density at radius 1 is 1.15 bits per heavy atom. The van der Waals surface area contributed by atoms with Gasteiger partial charge in [-0.25, -0.2) is 4.39 Å². The van der Waals surface area contributed by atoms with Crippen LogP contribution in [0.25, 0.3) is 10.9 Å². The number of aromatic nitrogens is 1. The fourth-order valence-electron chi connectivity index (χ4n) is 2.76. The summed E-state index contributed by atoms with van der Waals surface area (Å²) in [6, 6.07) is 10.1. The molecule has 0 fully saturated rings. The van der Waals surface area contributed by atoms with Gasteiger partial charge in [0.1, 0.15) is 5.82 Å². The zero-order chi connectivity index (χ0) is 18.5. The van der Waals surface area contributed by atoms with E-state index in [4.69, 9.17) is 15.2 Å². The van der Waals surface area contributed by atoms with E-state index >= 15 is 0 Å². The fraction of sp³-hybridized carbons (Fsp3) is 0.211. The average molecular weight is 484 g/mol. The van der Waals surface area contributed by atoms with Gasteiger partial charge in [0.05, 0.1) is 14.2 Å². The SMILES string of the molecule is COc1ccc(NC(N)=NCCc2c[nH]c3cc(F)ccc23)cc1OC.I. The number of anilines is 1. The van der Waals surface area contributed by atoms with Crippen LogP contribution in [0.2, 0.25) is 0 Å². The summed E-state index contributed by atoms with van der Waals surface area (Å²) in [6.07, 6.45) is 2.57. The number of hydrogen-bond donors (Lipinski definition) is 3. The third kappa shape index (κ3) is 5.03. The molecule has 2 aromatic carbocycles. The largest absolute Gasteiger partial charge is 0.493 e. The van der Waals surface area contributed by atoms with Gasteiger partial charge < -0.3 is 25.5 Å². The van der Waals surface area contributed by atoms with Gasteiger partial charge in [-0.1, -0.05) is 0 Å². The molecule has 3 rings (SSSR count). The van der Waals surface area contributed by atoms with E-state index < -0.39 is 0 Å². The van der Waals surface area contributed by atoms with Crippen LogP contribution in [0.3, 0.4) is 0 Å². The quantitative estimate of drug-likeness (QED) is 0.282. The van der Waals surface area contributed by atoms with Crippen molar-refractivity contribution in [2.24, 2.45) is 10.7 Å². The van der Waals surface area contributed by atoms with Crippen LogP contribution >= 0.6 is 24.0 Å². The molecule has 0 amide bonds. The van der Waals surface area contributed by atoms with Crippen LogP contribution in [-0.2, 0) is 6.42 Å². The Bertz CT molecular complexity index is 943. The number of hydrogen-bond acceptors (Lipinski definition) is 3. The number of H-pyrrole nitrogens is 1. The zero-order valence-corrected chi connectivity index (χ0v) is 17.4. The third-order valence-corrected chi connectivity index (χ3v) is 4.05. The number of benzene rings is 2. The third-order valence-electron chi connectivity index (χ3n) is 4.05. The minimum absolute atomic E-state index is 0. The van der Waals surface area contributed by atoms with Gasteiger partial charge in [-0.15, -0.1) is 24.0 Å². The molecule has 3 aromatic rings.